The van der Waals surface area contributed by atoms with E-state index in [1.165, 1.54) is 6.92 Å². The maximum Gasteiger partial charge on any atom is 0.263 e. The zero-order chi connectivity index (χ0) is 33.4. The van der Waals surface area contributed by atoms with Crippen molar-refractivity contribution < 1.29 is 14.4 Å². The number of rotatable bonds is 8. The van der Waals surface area contributed by atoms with E-state index in [9.17, 15) is 19.2 Å². The molecular formula is C35H39N9O4. The van der Waals surface area contributed by atoms with Crippen LogP contribution in [-0.4, -0.2) is 73.2 Å². The van der Waals surface area contributed by atoms with Crippen molar-refractivity contribution in [2.45, 2.75) is 70.9 Å². The van der Waals surface area contributed by atoms with Crippen LogP contribution < -0.4 is 21.1 Å². The standard InChI is InChI=1S/C35H39N9O4/c1-21-28-19-38-35(41-32(28)44(25-5-3-4-6-25)34(48)31(21)22(2)45)39-29-9-7-26(18-37-29)43-13-11-42(12-14-43)20-23-15-24(17-36-16-23)27-8-10-30(46)40-33(27)47/h7,9,15-19,25,27H,3-6,8,10-14,20H2,1-2H3,(H,40,46,47)(H,37,38,39,41). The lowest BCUT2D eigenvalue weighted by Gasteiger charge is -2.36. The zero-order valence-electron chi connectivity index (χ0n) is 27.2. The normalized spacial score (nSPS) is 19.1. The van der Waals surface area contributed by atoms with Crippen molar-refractivity contribution in [2.75, 3.05) is 36.4 Å². The third kappa shape index (κ3) is 6.29. The number of ketones is 1. The van der Waals surface area contributed by atoms with E-state index >= 15 is 0 Å². The highest BCUT2D eigenvalue weighted by atomic mass is 16.2. The highest BCUT2D eigenvalue weighted by molar-refractivity contribution is 6.01. The lowest BCUT2D eigenvalue weighted by Crippen LogP contribution is -2.46. The molecule has 2 saturated heterocycles. The van der Waals surface area contributed by atoms with E-state index in [2.05, 4.69) is 35.4 Å². The van der Waals surface area contributed by atoms with Crippen LogP contribution in [0, 0.1) is 6.92 Å². The quantitative estimate of drug-likeness (QED) is 0.212. The molecule has 0 aromatic carbocycles. The maximum atomic E-state index is 13.5. The van der Waals surface area contributed by atoms with Crippen LogP contribution in [0.3, 0.4) is 0 Å². The summed E-state index contributed by atoms with van der Waals surface area (Å²) in [5, 5.41) is 6.34. The van der Waals surface area contributed by atoms with E-state index in [0.29, 0.717) is 41.2 Å². The predicted molar refractivity (Wildman–Crippen MR) is 180 cm³/mol. The van der Waals surface area contributed by atoms with Crippen molar-refractivity contribution in [2.24, 2.45) is 0 Å². The van der Waals surface area contributed by atoms with Gasteiger partial charge in [-0.15, -0.1) is 0 Å². The lowest BCUT2D eigenvalue weighted by atomic mass is 9.91. The van der Waals surface area contributed by atoms with Crippen LogP contribution in [0.4, 0.5) is 17.5 Å². The summed E-state index contributed by atoms with van der Waals surface area (Å²) >= 11 is 0. The molecule has 2 N–H and O–H groups in total. The Morgan fingerprint density at radius 2 is 1.77 bits per heavy atom. The molecule has 6 heterocycles. The minimum absolute atomic E-state index is 0.0130. The van der Waals surface area contributed by atoms with Gasteiger partial charge in [-0.2, -0.15) is 4.98 Å². The van der Waals surface area contributed by atoms with Gasteiger partial charge in [-0.25, -0.2) is 9.97 Å². The van der Waals surface area contributed by atoms with Crippen molar-refractivity contribution in [1.82, 2.24) is 34.7 Å². The predicted octanol–water partition coefficient (Wildman–Crippen LogP) is 3.79. The second-order valence-electron chi connectivity index (χ2n) is 13.0. The number of aromatic nitrogens is 5. The number of amides is 2. The summed E-state index contributed by atoms with van der Waals surface area (Å²) in [5.74, 6) is -0.114. The van der Waals surface area contributed by atoms with Gasteiger partial charge in [0.2, 0.25) is 17.8 Å². The number of Topliss-reactive ketones (excluding diaryl/α,β-unsaturated/α-hetero) is 1. The first-order chi connectivity index (χ1) is 23.2. The van der Waals surface area contributed by atoms with Gasteiger partial charge in [0.25, 0.3) is 5.56 Å². The average molecular weight is 650 g/mol. The van der Waals surface area contributed by atoms with Crippen LogP contribution in [0.5, 0.6) is 0 Å². The number of imide groups is 1. The molecule has 3 fully saturated rings. The molecule has 0 bridgehead atoms. The number of nitrogens with zero attached hydrogens (tertiary/aromatic N) is 7. The monoisotopic (exact) mass is 649 g/mol. The molecule has 13 heteroatoms. The maximum absolute atomic E-state index is 13.5. The number of piperazine rings is 1. The largest absolute Gasteiger partial charge is 0.368 e. The summed E-state index contributed by atoms with van der Waals surface area (Å²) in [6.45, 7) is 7.35. The first-order valence-electron chi connectivity index (χ1n) is 16.7. The van der Waals surface area contributed by atoms with Gasteiger partial charge in [0.15, 0.2) is 5.78 Å². The van der Waals surface area contributed by atoms with E-state index in [4.69, 9.17) is 4.98 Å². The molecule has 2 amide bonds. The van der Waals surface area contributed by atoms with Gasteiger partial charge in [0.1, 0.15) is 11.5 Å². The van der Waals surface area contributed by atoms with Gasteiger partial charge in [0.05, 0.1) is 23.4 Å². The highest BCUT2D eigenvalue weighted by Crippen LogP contribution is 2.32. The third-order valence-corrected chi connectivity index (χ3v) is 9.84. The van der Waals surface area contributed by atoms with Crippen molar-refractivity contribution in [3.8, 4) is 0 Å². The Balaban J connectivity index is 1.00. The number of hydrogen-bond acceptors (Lipinski definition) is 11. The number of nitrogens with one attached hydrogen (secondary N) is 2. The van der Waals surface area contributed by atoms with E-state index in [1.54, 1.807) is 23.9 Å². The molecule has 0 spiro atoms. The summed E-state index contributed by atoms with van der Waals surface area (Å²) in [6, 6.07) is 5.97. The molecular weight excluding hydrogens is 610 g/mol. The molecule has 13 nitrogen and oxygen atoms in total. The van der Waals surface area contributed by atoms with Crippen LogP contribution in [0.2, 0.25) is 0 Å². The number of carbonyl (C=O) groups is 3. The fraction of sp³-hybridized carbons (Fsp3) is 0.429. The summed E-state index contributed by atoms with van der Waals surface area (Å²) < 4.78 is 1.71. The fourth-order valence-electron chi connectivity index (χ4n) is 7.29. The van der Waals surface area contributed by atoms with Crippen LogP contribution >= 0.6 is 0 Å². The van der Waals surface area contributed by atoms with Gasteiger partial charge in [-0.05, 0) is 61.9 Å². The van der Waals surface area contributed by atoms with E-state index in [0.717, 1.165) is 75.2 Å². The molecule has 7 rings (SSSR count). The zero-order valence-corrected chi connectivity index (χ0v) is 27.2. The van der Waals surface area contributed by atoms with Crippen molar-refractivity contribution in [3.63, 3.8) is 0 Å². The van der Waals surface area contributed by atoms with Gasteiger partial charge in [-0.1, -0.05) is 18.9 Å². The Hall–Kier alpha value is -5.04. The Morgan fingerprint density at radius 3 is 2.48 bits per heavy atom. The van der Waals surface area contributed by atoms with Crippen LogP contribution in [0.25, 0.3) is 11.0 Å². The molecule has 3 aliphatic rings. The van der Waals surface area contributed by atoms with Gasteiger partial charge in [-0.3, -0.25) is 38.9 Å². The number of anilines is 3. The third-order valence-electron chi connectivity index (χ3n) is 9.84. The smallest absolute Gasteiger partial charge is 0.263 e. The molecule has 0 radical (unpaired) electrons. The number of pyridine rings is 3. The van der Waals surface area contributed by atoms with Crippen LogP contribution in [0.15, 0.2) is 47.8 Å². The minimum Gasteiger partial charge on any atom is -0.368 e. The Labute approximate surface area is 277 Å². The molecule has 1 atom stereocenters. The van der Waals surface area contributed by atoms with Gasteiger partial charge in [0, 0.05) is 69.2 Å². The van der Waals surface area contributed by atoms with Gasteiger partial charge < -0.3 is 10.2 Å². The second kappa shape index (κ2) is 13.2. The number of aryl methyl sites for hydroxylation is 1. The topological polar surface area (TPSA) is 155 Å². The van der Waals surface area contributed by atoms with Gasteiger partial charge >= 0.3 is 0 Å². The van der Waals surface area contributed by atoms with Crippen molar-refractivity contribution >= 4 is 46.1 Å². The van der Waals surface area contributed by atoms with E-state index < -0.39 is 0 Å². The fourth-order valence-corrected chi connectivity index (χ4v) is 7.29. The average Bonchev–Trinajstić information content (AvgIpc) is 3.60. The Morgan fingerprint density at radius 1 is 0.979 bits per heavy atom. The number of fused-ring (bicyclic) bond motifs is 1. The number of carbonyl (C=O) groups excluding carboxylic acids is 3. The molecule has 1 saturated carbocycles. The lowest BCUT2D eigenvalue weighted by molar-refractivity contribution is -0.134. The molecule has 1 aliphatic carbocycles. The highest BCUT2D eigenvalue weighted by Gasteiger charge is 2.29. The SMILES string of the molecule is CC(=O)c1c(C)c2cnc(Nc3ccc(N4CCN(Cc5cncc(C6CCC(=O)NC6=O)c5)CC4)cn3)nc2n(C2CCCC2)c1=O. The summed E-state index contributed by atoms with van der Waals surface area (Å²) in [5.41, 5.74) is 4.02. The molecule has 1 unspecified atom stereocenters. The van der Waals surface area contributed by atoms with Crippen LogP contribution in [-0.2, 0) is 16.1 Å². The molecule has 2 aliphatic heterocycles. The van der Waals surface area contributed by atoms with Crippen LogP contribution in [0.1, 0.15) is 84.5 Å². The van der Waals surface area contributed by atoms with E-state index in [1.807, 2.05) is 30.6 Å². The molecule has 4 aromatic heterocycles. The van der Waals surface area contributed by atoms with Crippen molar-refractivity contribution in [1.29, 1.82) is 0 Å². The van der Waals surface area contributed by atoms with E-state index in [-0.39, 0.29) is 40.7 Å². The summed E-state index contributed by atoms with van der Waals surface area (Å²) in [7, 11) is 0. The second-order valence-corrected chi connectivity index (χ2v) is 13.0. The summed E-state index contributed by atoms with van der Waals surface area (Å²) in [6.07, 6.45) is 11.8. The van der Waals surface area contributed by atoms with Crippen molar-refractivity contribution in [3.05, 3.63) is 75.6 Å². The molecule has 248 valence electrons. The molecule has 4 aromatic rings. The Bertz CT molecular complexity index is 1940. The first kappa shape index (κ1) is 31.6. The summed E-state index contributed by atoms with van der Waals surface area (Å²) in [4.78, 5) is 72.8. The minimum atomic E-state index is -0.339. The first-order valence-corrected chi connectivity index (χ1v) is 16.7. The number of piperidine rings is 1. The molecule has 48 heavy (non-hydrogen) atoms. The number of hydrogen-bond donors (Lipinski definition) is 2. The Kier molecular flexibility index (Phi) is 8.69.